The summed E-state index contributed by atoms with van der Waals surface area (Å²) in [5.41, 5.74) is 9.96. The van der Waals surface area contributed by atoms with E-state index in [-0.39, 0.29) is 6.04 Å². The number of hydrogen-bond donors (Lipinski definition) is 1. The maximum atomic E-state index is 6.41. The van der Waals surface area contributed by atoms with E-state index in [9.17, 15) is 0 Å². The zero-order valence-corrected chi connectivity index (χ0v) is 12.3. The lowest BCUT2D eigenvalue weighted by Crippen LogP contribution is -2.19. The van der Waals surface area contributed by atoms with E-state index in [1.165, 1.54) is 30.4 Å². The monoisotopic (exact) mass is 316 g/mol. The van der Waals surface area contributed by atoms with E-state index < -0.39 is 0 Å². The van der Waals surface area contributed by atoms with Crippen molar-refractivity contribution < 1.29 is 0 Å². The predicted octanol–water partition coefficient (Wildman–Crippen LogP) is 4.16. The number of pyridine rings is 1. The van der Waals surface area contributed by atoms with E-state index in [0.717, 1.165) is 10.2 Å². The summed E-state index contributed by atoms with van der Waals surface area (Å²) < 4.78 is 0.982. The van der Waals surface area contributed by atoms with Crippen molar-refractivity contribution in [3.05, 3.63) is 63.9 Å². The predicted molar refractivity (Wildman–Crippen MR) is 81.0 cm³/mol. The third-order valence-corrected chi connectivity index (χ3v) is 4.41. The van der Waals surface area contributed by atoms with E-state index in [0.29, 0.717) is 5.92 Å². The summed E-state index contributed by atoms with van der Waals surface area (Å²) in [6, 6.07) is 12.4. The molecule has 1 unspecified atom stereocenters. The molecule has 2 N–H and O–H groups in total. The SMILES string of the molecule is NC(c1ccc(Br)cn1)c1ccccc1C1CCC1. The van der Waals surface area contributed by atoms with Gasteiger partial charge in [-0.3, -0.25) is 4.98 Å². The first-order valence-electron chi connectivity index (χ1n) is 6.71. The van der Waals surface area contributed by atoms with Crippen LogP contribution < -0.4 is 5.73 Å². The van der Waals surface area contributed by atoms with Gasteiger partial charge in [0.15, 0.2) is 0 Å². The molecule has 1 fully saturated rings. The first kappa shape index (κ1) is 12.8. The third kappa shape index (κ3) is 2.58. The molecule has 1 aromatic carbocycles. The second kappa shape index (κ2) is 5.43. The average Bonchev–Trinajstić information content (AvgIpc) is 2.37. The fourth-order valence-electron chi connectivity index (χ4n) is 2.62. The number of nitrogens with two attached hydrogens (primary N) is 1. The Morgan fingerprint density at radius 1 is 1.16 bits per heavy atom. The van der Waals surface area contributed by atoms with Crippen LogP contribution in [0.4, 0.5) is 0 Å². The van der Waals surface area contributed by atoms with Crippen molar-refractivity contribution >= 4 is 15.9 Å². The molecule has 0 saturated heterocycles. The van der Waals surface area contributed by atoms with Gasteiger partial charge in [0, 0.05) is 10.7 Å². The maximum absolute atomic E-state index is 6.41. The van der Waals surface area contributed by atoms with E-state index >= 15 is 0 Å². The number of hydrogen-bond acceptors (Lipinski definition) is 2. The fourth-order valence-corrected chi connectivity index (χ4v) is 2.85. The van der Waals surface area contributed by atoms with Gasteiger partial charge in [-0.1, -0.05) is 30.7 Å². The summed E-state index contributed by atoms with van der Waals surface area (Å²) in [5.74, 6) is 0.692. The summed E-state index contributed by atoms with van der Waals surface area (Å²) >= 11 is 3.41. The molecule has 0 aliphatic heterocycles. The van der Waals surface area contributed by atoms with Crippen molar-refractivity contribution in [1.29, 1.82) is 0 Å². The highest BCUT2D eigenvalue weighted by molar-refractivity contribution is 9.10. The Bertz CT molecular complexity index is 561. The largest absolute Gasteiger partial charge is 0.319 e. The van der Waals surface area contributed by atoms with Gasteiger partial charge >= 0.3 is 0 Å². The molecule has 1 saturated carbocycles. The molecular weight excluding hydrogens is 300 g/mol. The Morgan fingerprint density at radius 2 is 1.95 bits per heavy atom. The molecule has 2 nitrogen and oxygen atoms in total. The summed E-state index contributed by atoms with van der Waals surface area (Å²) in [5, 5.41) is 0. The van der Waals surface area contributed by atoms with Gasteiger partial charge in [-0.2, -0.15) is 0 Å². The van der Waals surface area contributed by atoms with Gasteiger partial charge < -0.3 is 5.73 Å². The molecule has 1 aliphatic carbocycles. The highest BCUT2D eigenvalue weighted by Crippen LogP contribution is 2.39. The normalized spacial score (nSPS) is 16.9. The van der Waals surface area contributed by atoms with Crippen LogP contribution in [-0.4, -0.2) is 4.98 Å². The number of aromatic nitrogens is 1. The van der Waals surface area contributed by atoms with E-state index in [1.54, 1.807) is 6.20 Å². The van der Waals surface area contributed by atoms with Gasteiger partial charge in [0.1, 0.15) is 0 Å². The van der Waals surface area contributed by atoms with Gasteiger partial charge in [0.25, 0.3) is 0 Å². The molecule has 0 spiro atoms. The van der Waals surface area contributed by atoms with E-state index in [4.69, 9.17) is 5.73 Å². The molecule has 2 aromatic rings. The Kier molecular flexibility index (Phi) is 3.67. The van der Waals surface area contributed by atoms with Gasteiger partial charge in [0.05, 0.1) is 11.7 Å². The van der Waals surface area contributed by atoms with Crippen LogP contribution in [0.25, 0.3) is 0 Å². The molecule has 0 amide bonds. The van der Waals surface area contributed by atoms with Gasteiger partial charge in [-0.05, 0) is 57.9 Å². The van der Waals surface area contributed by atoms with E-state index in [1.807, 2.05) is 12.1 Å². The summed E-state index contributed by atoms with van der Waals surface area (Å²) in [7, 11) is 0. The lowest BCUT2D eigenvalue weighted by atomic mass is 9.77. The molecule has 3 heteroatoms. The van der Waals surface area contributed by atoms with Crippen LogP contribution in [0.3, 0.4) is 0 Å². The smallest absolute Gasteiger partial charge is 0.0729 e. The maximum Gasteiger partial charge on any atom is 0.0729 e. The van der Waals surface area contributed by atoms with Gasteiger partial charge in [-0.25, -0.2) is 0 Å². The lowest BCUT2D eigenvalue weighted by molar-refractivity contribution is 0.416. The van der Waals surface area contributed by atoms with Crippen LogP contribution in [0.2, 0.25) is 0 Å². The van der Waals surface area contributed by atoms with Crippen LogP contribution in [-0.2, 0) is 0 Å². The number of rotatable bonds is 3. The molecule has 0 radical (unpaired) electrons. The van der Waals surface area contributed by atoms with Crippen LogP contribution in [0.15, 0.2) is 47.1 Å². The Balaban J connectivity index is 1.94. The molecule has 1 atom stereocenters. The van der Waals surface area contributed by atoms with Crippen molar-refractivity contribution in [2.24, 2.45) is 5.73 Å². The minimum atomic E-state index is -0.134. The van der Waals surface area contributed by atoms with Crippen molar-refractivity contribution in [3.63, 3.8) is 0 Å². The van der Waals surface area contributed by atoms with Gasteiger partial charge in [0.2, 0.25) is 0 Å². The quantitative estimate of drug-likeness (QED) is 0.923. The summed E-state index contributed by atoms with van der Waals surface area (Å²) in [4.78, 5) is 4.43. The molecule has 3 rings (SSSR count). The lowest BCUT2D eigenvalue weighted by Gasteiger charge is -2.29. The van der Waals surface area contributed by atoms with Crippen molar-refractivity contribution in [1.82, 2.24) is 4.98 Å². The Labute approximate surface area is 122 Å². The minimum absolute atomic E-state index is 0.134. The molecular formula is C16H17BrN2. The Morgan fingerprint density at radius 3 is 2.58 bits per heavy atom. The molecule has 98 valence electrons. The molecule has 19 heavy (non-hydrogen) atoms. The zero-order valence-electron chi connectivity index (χ0n) is 10.7. The first-order valence-corrected chi connectivity index (χ1v) is 7.51. The van der Waals surface area contributed by atoms with Crippen LogP contribution >= 0.6 is 15.9 Å². The van der Waals surface area contributed by atoms with Crippen molar-refractivity contribution in [2.75, 3.05) is 0 Å². The van der Waals surface area contributed by atoms with E-state index in [2.05, 4.69) is 45.2 Å². The number of nitrogens with zero attached hydrogens (tertiary/aromatic N) is 1. The second-order valence-electron chi connectivity index (χ2n) is 5.14. The topological polar surface area (TPSA) is 38.9 Å². The van der Waals surface area contributed by atoms with Crippen LogP contribution in [0.5, 0.6) is 0 Å². The highest BCUT2D eigenvalue weighted by Gasteiger charge is 2.24. The number of halogens is 1. The van der Waals surface area contributed by atoms with Gasteiger partial charge in [-0.15, -0.1) is 0 Å². The first-order chi connectivity index (χ1) is 9.25. The summed E-state index contributed by atoms with van der Waals surface area (Å²) in [6.07, 6.45) is 5.72. The second-order valence-corrected chi connectivity index (χ2v) is 6.05. The molecule has 1 aromatic heterocycles. The van der Waals surface area contributed by atoms with Crippen molar-refractivity contribution in [2.45, 2.75) is 31.2 Å². The summed E-state index contributed by atoms with van der Waals surface area (Å²) in [6.45, 7) is 0. The standard InChI is InChI=1S/C16H17BrN2/c17-12-8-9-15(19-10-12)16(18)14-7-2-1-6-13(14)11-4-3-5-11/h1-2,6-11,16H,3-5,18H2. The highest BCUT2D eigenvalue weighted by atomic mass is 79.9. The fraction of sp³-hybridized carbons (Fsp3) is 0.312. The van der Waals surface area contributed by atoms with Crippen molar-refractivity contribution in [3.8, 4) is 0 Å². The Hall–Kier alpha value is -1.19. The average molecular weight is 317 g/mol. The molecule has 0 bridgehead atoms. The van der Waals surface area contributed by atoms with Crippen LogP contribution in [0, 0.1) is 0 Å². The minimum Gasteiger partial charge on any atom is -0.319 e. The molecule has 1 heterocycles. The number of benzene rings is 1. The molecule has 1 aliphatic rings. The van der Waals surface area contributed by atoms with Crippen LogP contribution in [0.1, 0.15) is 48.0 Å². The zero-order chi connectivity index (χ0) is 13.2. The third-order valence-electron chi connectivity index (χ3n) is 3.94.